The summed E-state index contributed by atoms with van der Waals surface area (Å²) in [5, 5.41) is 5.04. The molecule has 0 unspecified atom stereocenters. The fourth-order valence-electron chi connectivity index (χ4n) is 2.83. The number of hydrogen-bond acceptors (Lipinski definition) is 4. The van der Waals surface area contributed by atoms with Crippen molar-refractivity contribution in [3.63, 3.8) is 0 Å². The molecule has 1 aromatic heterocycles. The highest BCUT2D eigenvalue weighted by atomic mass is 19.4. The van der Waals surface area contributed by atoms with Crippen molar-refractivity contribution < 1.29 is 27.2 Å². The van der Waals surface area contributed by atoms with Gasteiger partial charge in [0.1, 0.15) is 11.3 Å². The maximum Gasteiger partial charge on any atom is 0.416 e. The minimum Gasteiger partial charge on any atom is -0.350 e. The number of carbonyl (C=O) groups excluding carboxylic acids is 2. The molecule has 0 fully saturated rings. The van der Waals surface area contributed by atoms with Gasteiger partial charge in [-0.25, -0.2) is 14.4 Å². The maximum atomic E-state index is 13.9. The van der Waals surface area contributed by atoms with E-state index in [1.807, 2.05) is 0 Å². The van der Waals surface area contributed by atoms with Gasteiger partial charge in [-0.15, -0.1) is 0 Å². The van der Waals surface area contributed by atoms with Gasteiger partial charge in [-0.05, 0) is 44.2 Å². The summed E-state index contributed by atoms with van der Waals surface area (Å²) in [6.07, 6.45) is -4.48. The van der Waals surface area contributed by atoms with Crippen molar-refractivity contribution in [1.29, 1.82) is 0 Å². The van der Waals surface area contributed by atoms with E-state index >= 15 is 0 Å². The molecule has 6 nitrogen and oxygen atoms in total. The molecule has 0 aliphatic carbocycles. The van der Waals surface area contributed by atoms with Crippen LogP contribution in [-0.4, -0.2) is 34.9 Å². The Hall–Kier alpha value is -3.56. The molecule has 2 aromatic carbocycles. The number of alkyl halides is 3. The zero-order valence-electron chi connectivity index (χ0n) is 16.6. The number of rotatable bonds is 5. The Morgan fingerprint density at radius 2 is 1.48 bits per heavy atom. The fraction of sp³-hybridized carbons (Fsp3) is 0.238. The van der Waals surface area contributed by atoms with Crippen LogP contribution in [0, 0.1) is 19.7 Å². The van der Waals surface area contributed by atoms with E-state index in [2.05, 4.69) is 20.6 Å². The van der Waals surface area contributed by atoms with Gasteiger partial charge in [0.15, 0.2) is 0 Å². The number of benzene rings is 2. The summed E-state index contributed by atoms with van der Waals surface area (Å²) in [7, 11) is 0. The number of nitrogens with one attached hydrogen (secondary N) is 2. The molecule has 0 atom stereocenters. The van der Waals surface area contributed by atoms with Gasteiger partial charge in [0.25, 0.3) is 11.8 Å². The molecule has 2 amide bonds. The number of amides is 2. The minimum atomic E-state index is -4.48. The van der Waals surface area contributed by atoms with E-state index in [9.17, 15) is 27.2 Å². The third-order valence-corrected chi connectivity index (χ3v) is 4.56. The van der Waals surface area contributed by atoms with Gasteiger partial charge < -0.3 is 10.6 Å². The summed E-state index contributed by atoms with van der Waals surface area (Å²) in [6, 6.07) is 6.02. The van der Waals surface area contributed by atoms with Crippen LogP contribution in [0.5, 0.6) is 0 Å². The Kier molecular flexibility index (Phi) is 6.19. The molecule has 31 heavy (non-hydrogen) atoms. The topological polar surface area (TPSA) is 84.0 Å². The van der Waals surface area contributed by atoms with Crippen molar-refractivity contribution in [3.05, 3.63) is 70.3 Å². The predicted molar refractivity (Wildman–Crippen MR) is 105 cm³/mol. The van der Waals surface area contributed by atoms with E-state index in [1.165, 1.54) is 6.07 Å². The third kappa shape index (κ3) is 5.14. The van der Waals surface area contributed by atoms with Crippen LogP contribution in [0.4, 0.5) is 17.6 Å². The second-order valence-corrected chi connectivity index (χ2v) is 6.80. The highest BCUT2D eigenvalue weighted by Crippen LogP contribution is 2.29. The van der Waals surface area contributed by atoms with Crippen LogP contribution in [0.3, 0.4) is 0 Å². The molecule has 0 radical (unpaired) electrons. The highest BCUT2D eigenvalue weighted by Gasteiger charge is 2.30. The molecule has 0 saturated carbocycles. The molecule has 1 heterocycles. The SMILES string of the molecule is Cc1nc2cc(F)cc(C(=O)NCCNC(=O)c3ccc(C(F)(F)F)cc3)c2nc1C. The molecule has 0 spiro atoms. The Labute approximate surface area is 174 Å². The Balaban J connectivity index is 1.61. The number of fused-ring (bicyclic) bond motifs is 1. The van der Waals surface area contributed by atoms with Crippen molar-refractivity contribution >= 4 is 22.8 Å². The molecule has 0 aliphatic rings. The van der Waals surface area contributed by atoms with Gasteiger partial charge in [-0.3, -0.25) is 9.59 Å². The summed E-state index contributed by atoms with van der Waals surface area (Å²) >= 11 is 0. The van der Waals surface area contributed by atoms with Crippen molar-refractivity contribution in [1.82, 2.24) is 20.6 Å². The van der Waals surface area contributed by atoms with Crippen LogP contribution in [0.15, 0.2) is 36.4 Å². The van der Waals surface area contributed by atoms with Crippen LogP contribution < -0.4 is 10.6 Å². The average molecular weight is 434 g/mol. The largest absolute Gasteiger partial charge is 0.416 e. The highest BCUT2D eigenvalue weighted by molar-refractivity contribution is 6.04. The van der Waals surface area contributed by atoms with E-state index in [4.69, 9.17) is 0 Å². The number of halogens is 4. The van der Waals surface area contributed by atoms with Crippen LogP contribution in [-0.2, 0) is 6.18 Å². The number of aromatic nitrogens is 2. The average Bonchev–Trinajstić information content (AvgIpc) is 2.71. The Morgan fingerprint density at radius 3 is 2.10 bits per heavy atom. The first kappa shape index (κ1) is 22.1. The monoisotopic (exact) mass is 434 g/mol. The maximum absolute atomic E-state index is 13.9. The van der Waals surface area contributed by atoms with Gasteiger partial charge >= 0.3 is 6.18 Å². The number of nitrogens with zero attached hydrogens (tertiary/aromatic N) is 2. The first-order valence-corrected chi connectivity index (χ1v) is 9.24. The van der Waals surface area contributed by atoms with Crippen LogP contribution in [0.1, 0.15) is 37.7 Å². The Morgan fingerprint density at radius 1 is 0.903 bits per heavy atom. The molecule has 0 bridgehead atoms. The summed E-state index contributed by atoms with van der Waals surface area (Å²) in [6.45, 7) is 3.49. The summed E-state index contributed by atoms with van der Waals surface area (Å²) in [5.41, 5.74) is 0.954. The lowest BCUT2D eigenvalue weighted by molar-refractivity contribution is -0.137. The lowest BCUT2D eigenvalue weighted by Crippen LogP contribution is -2.34. The smallest absolute Gasteiger partial charge is 0.350 e. The standard InChI is InChI=1S/C21H18F4N4O2/c1-11-12(2)29-18-16(9-15(22)10-17(18)28-11)20(31)27-8-7-26-19(30)13-3-5-14(6-4-13)21(23,24)25/h3-6,9-10H,7-8H2,1-2H3,(H,26,30)(H,27,31). The fourth-order valence-corrected chi connectivity index (χ4v) is 2.83. The van der Waals surface area contributed by atoms with Crippen molar-refractivity contribution in [2.24, 2.45) is 0 Å². The minimum absolute atomic E-state index is 0.0136. The van der Waals surface area contributed by atoms with E-state index in [1.54, 1.807) is 13.8 Å². The molecular weight excluding hydrogens is 416 g/mol. The summed E-state index contributed by atoms with van der Waals surface area (Å²) < 4.78 is 51.6. The number of carbonyl (C=O) groups is 2. The van der Waals surface area contributed by atoms with Crippen LogP contribution in [0.2, 0.25) is 0 Å². The number of aryl methyl sites for hydroxylation is 2. The molecule has 3 rings (SSSR count). The first-order chi connectivity index (χ1) is 14.6. The van der Waals surface area contributed by atoms with Gasteiger partial charge in [-0.1, -0.05) is 0 Å². The lowest BCUT2D eigenvalue weighted by atomic mass is 10.1. The van der Waals surface area contributed by atoms with E-state index < -0.39 is 29.4 Å². The zero-order chi connectivity index (χ0) is 22.8. The second kappa shape index (κ2) is 8.66. The summed E-state index contributed by atoms with van der Waals surface area (Å²) in [5.74, 6) is -1.81. The Bertz CT molecular complexity index is 1140. The van der Waals surface area contributed by atoms with Crippen molar-refractivity contribution in [2.75, 3.05) is 13.1 Å². The number of hydrogen-bond donors (Lipinski definition) is 2. The molecule has 2 N–H and O–H groups in total. The molecule has 10 heteroatoms. The molecule has 162 valence electrons. The van der Waals surface area contributed by atoms with Crippen LogP contribution >= 0.6 is 0 Å². The lowest BCUT2D eigenvalue weighted by Gasteiger charge is -2.10. The van der Waals surface area contributed by atoms with E-state index in [0.717, 1.165) is 30.3 Å². The van der Waals surface area contributed by atoms with Gasteiger partial charge in [0.05, 0.1) is 28.0 Å². The van der Waals surface area contributed by atoms with E-state index in [-0.39, 0.29) is 35.2 Å². The molecule has 0 saturated heterocycles. The van der Waals surface area contributed by atoms with Crippen molar-refractivity contribution in [3.8, 4) is 0 Å². The molecule has 0 aliphatic heterocycles. The van der Waals surface area contributed by atoms with E-state index in [0.29, 0.717) is 11.4 Å². The quantitative estimate of drug-likeness (QED) is 0.475. The van der Waals surface area contributed by atoms with Crippen LogP contribution in [0.25, 0.3) is 11.0 Å². The van der Waals surface area contributed by atoms with Gasteiger partial charge in [-0.2, -0.15) is 13.2 Å². The van der Waals surface area contributed by atoms with Crippen molar-refractivity contribution in [2.45, 2.75) is 20.0 Å². The predicted octanol–water partition coefficient (Wildman–Crippen LogP) is 3.56. The summed E-state index contributed by atoms with van der Waals surface area (Å²) in [4.78, 5) is 33.1. The molecule has 3 aromatic rings. The molecular formula is C21H18F4N4O2. The van der Waals surface area contributed by atoms with Gasteiger partial charge in [0, 0.05) is 24.7 Å². The second-order valence-electron chi connectivity index (χ2n) is 6.80. The van der Waals surface area contributed by atoms with Gasteiger partial charge in [0.2, 0.25) is 0 Å². The normalized spacial score (nSPS) is 11.4. The first-order valence-electron chi connectivity index (χ1n) is 9.24. The third-order valence-electron chi connectivity index (χ3n) is 4.56. The zero-order valence-corrected chi connectivity index (χ0v) is 16.6.